The highest BCUT2D eigenvalue weighted by molar-refractivity contribution is 7.09. The van der Waals surface area contributed by atoms with Crippen LogP contribution in [0.4, 0.5) is 0 Å². The molecule has 0 bridgehead atoms. The van der Waals surface area contributed by atoms with Crippen LogP contribution in [0.25, 0.3) is 0 Å². The number of aliphatic hydroxyl groups is 1. The van der Waals surface area contributed by atoms with Crippen molar-refractivity contribution in [3.05, 3.63) is 16.1 Å². The van der Waals surface area contributed by atoms with Gasteiger partial charge in [-0.05, 0) is 33.1 Å². The van der Waals surface area contributed by atoms with Crippen LogP contribution < -0.4 is 5.73 Å². The van der Waals surface area contributed by atoms with Gasteiger partial charge in [-0.15, -0.1) is 11.3 Å². The van der Waals surface area contributed by atoms with Crippen LogP contribution in [0.1, 0.15) is 54.6 Å². The minimum atomic E-state index is -0.659. The summed E-state index contributed by atoms with van der Waals surface area (Å²) in [7, 11) is 0. The van der Waals surface area contributed by atoms with E-state index in [1.165, 1.54) is 11.3 Å². The molecule has 1 aliphatic rings. The fourth-order valence-electron chi connectivity index (χ4n) is 2.22. The van der Waals surface area contributed by atoms with E-state index >= 15 is 0 Å². The van der Waals surface area contributed by atoms with Crippen LogP contribution in [0.5, 0.6) is 0 Å². The first-order chi connectivity index (χ1) is 8.89. The summed E-state index contributed by atoms with van der Waals surface area (Å²) in [5.41, 5.74) is 5.57. The number of hydrogen-bond donors (Lipinski definition) is 2. The van der Waals surface area contributed by atoms with Gasteiger partial charge < -0.3 is 15.7 Å². The van der Waals surface area contributed by atoms with E-state index in [-0.39, 0.29) is 11.9 Å². The Morgan fingerprint density at radius 2 is 2.32 bits per heavy atom. The van der Waals surface area contributed by atoms with Gasteiger partial charge in [0.15, 0.2) is 0 Å². The van der Waals surface area contributed by atoms with E-state index in [1.807, 2.05) is 13.8 Å². The predicted molar refractivity (Wildman–Crippen MR) is 75.1 cm³/mol. The average molecular weight is 283 g/mol. The van der Waals surface area contributed by atoms with Gasteiger partial charge in [0, 0.05) is 18.5 Å². The van der Waals surface area contributed by atoms with Crippen molar-refractivity contribution < 1.29 is 9.90 Å². The molecule has 2 atom stereocenters. The third-order valence-electron chi connectivity index (χ3n) is 3.48. The van der Waals surface area contributed by atoms with E-state index < -0.39 is 5.60 Å². The largest absolute Gasteiger partial charge is 0.390 e. The van der Waals surface area contributed by atoms with Crippen LogP contribution in [0, 0.1) is 0 Å². The Bertz CT molecular complexity index is 456. The zero-order valence-electron chi connectivity index (χ0n) is 11.4. The molecule has 106 valence electrons. The lowest BCUT2D eigenvalue weighted by Crippen LogP contribution is -2.33. The maximum atomic E-state index is 12.3. The van der Waals surface area contributed by atoms with Gasteiger partial charge in [-0.1, -0.05) is 0 Å². The van der Waals surface area contributed by atoms with Gasteiger partial charge in [0.1, 0.15) is 10.7 Å². The molecule has 1 aromatic heterocycles. The molecule has 3 N–H and O–H groups in total. The lowest BCUT2D eigenvalue weighted by molar-refractivity contribution is 0.0437. The van der Waals surface area contributed by atoms with Gasteiger partial charge in [0.05, 0.1) is 11.6 Å². The Labute approximate surface area is 117 Å². The smallest absolute Gasteiger partial charge is 0.273 e. The highest BCUT2D eigenvalue weighted by Crippen LogP contribution is 2.23. The molecule has 6 heteroatoms. The minimum Gasteiger partial charge on any atom is -0.390 e. The number of likely N-dealkylation sites (tertiary alicyclic amines) is 1. The Morgan fingerprint density at radius 1 is 1.58 bits per heavy atom. The van der Waals surface area contributed by atoms with Crippen LogP contribution in [-0.4, -0.2) is 39.6 Å². The SMILES string of the molecule is CC(N)c1nc(C(=O)N2CCCC(C)(O)CC2)cs1. The molecule has 19 heavy (non-hydrogen) atoms. The Hall–Kier alpha value is -0.980. The van der Waals surface area contributed by atoms with E-state index in [9.17, 15) is 9.90 Å². The van der Waals surface area contributed by atoms with E-state index in [4.69, 9.17) is 5.73 Å². The Kier molecular flexibility index (Phi) is 4.23. The number of rotatable bonds is 2. The maximum absolute atomic E-state index is 12.3. The molecule has 1 saturated heterocycles. The van der Waals surface area contributed by atoms with Gasteiger partial charge in [-0.2, -0.15) is 0 Å². The van der Waals surface area contributed by atoms with Crippen LogP contribution in [0.15, 0.2) is 5.38 Å². The minimum absolute atomic E-state index is 0.0548. The van der Waals surface area contributed by atoms with Gasteiger partial charge in [0.25, 0.3) is 5.91 Å². The average Bonchev–Trinajstić information content (AvgIpc) is 2.75. The number of carbonyl (C=O) groups excluding carboxylic acids is 1. The second-order valence-electron chi connectivity index (χ2n) is 5.50. The summed E-state index contributed by atoms with van der Waals surface area (Å²) < 4.78 is 0. The van der Waals surface area contributed by atoms with Gasteiger partial charge in [0.2, 0.25) is 0 Å². The summed E-state index contributed by atoms with van der Waals surface area (Å²) in [6.45, 7) is 4.95. The number of nitrogens with zero attached hydrogens (tertiary/aromatic N) is 2. The monoisotopic (exact) mass is 283 g/mol. The number of carbonyl (C=O) groups is 1. The summed E-state index contributed by atoms with van der Waals surface area (Å²) >= 11 is 1.42. The second kappa shape index (κ2) is 5.56. The molecular weight excluding hydrogens is 262 g/mol. The highest BCUT2D eigenvalue weighted by atomic mass is 32.1. The summed E-state index contributed by atoms with van der Waals surface area (Å²) in [5.74, 6) is -0.0548. The van der Waals surface area contributed by atoms with E-state index in [1.54, 1.807) is 10.3 Å². The number of amides is 1. The summed E-state index contributed by atoms with van der Waals surface area (Å²) in [5, 5.41) is 12.6. The molecular formula is C13H21N3O2S. The first kappa shape index (κ1) is 14.4. The molecule has 1 aliphatic heterocycles. The quantitative estimate of drug-likeness (QED) is 0.863. The normalized spacial score (nSPS) is 26.0. The fourth-order valence-corrected chi connectivity index (χ4v) is 2.98. The topological polar surface area (TPSA) is 79.5 Å². The molecule has 2 unspecified atom stereocenters. The Balaban J connectivity index is 2.06. The van der Waals surface area contributed by atoms with Crippen molar-refractivity contribution in [3.8, 4) is 0 Å². The third-order valence-corrected chi connectivity index (χ3v) is 4.53. The molecule has 2 rings (SSSR count). The van der Waals surface area contributed by atoms with Crippen molar-refractivity contribution in [2.45, 2.75) is 44.8 Å². The zero-order chi connectivity index (χ0) is 14.0. The van der Waals surface area contributed by atoms with E-state index in [0.717, 1.165) is 17.8 Å². The molecule has 1 fully saturated rings. The van der Waals surface area contributed by atoms with E-state index in [0.29, 0.717) is 25.2 Å². The molecule has 1 aromatic rings. The molecule has 0 radical (unpaired) electrons. The lowest BCUT2D eigenvalue weighted by atomic mass is 9.98. The molecule has 0 aromatic carbocycles. The molecule has 0 aliphatic carbocycles. The number of thiazole rings is 1. The van der Waals surface area contributed by atoms with Crippen molar-refractivity contribution in [3.63, 3.8) is 0 Å². The lowest BCUT2D eigenvalue weighted by Gasteiger charge is -2.22. The third kappa shape index (κ3) is 3.52. The molecule has 0 saturated carbocycles. The summed E-state index contributed by atoms with van der Waals surface area (Å²) in [4.78, 5) is 18.4. The second-order valence-corrected chi connectivity index (χ2v) is 6.39. The molecule has 2 heterocycles. The number of nitrogens with two attached hydrogens (primary N) is 1. The van der Waals surface area contributed by atoms with Crippen molar-refractivity contribution in [2.24, 2.45) is 5.73 Å². The molecule has 1 amide bonds. The van der Waals surface area contributed by atoms with Gasteiger partial charge >= 0.3 is 0 Å². The van der Waals surface area contributed by atoms with Gasteiger partial charge in [-0.3, -0.25) is 4.79 Å². The van der Waals surface area contributed by atoms with Crippen molar-refractivity contribution in [1.82, 2.24) is 9.88 Å². The first-order valence-corrected chi connectivity index (χ1v) is 7.50. The molecule has 5 nitrogen and oxygen atoms in total. The van der Waals surface area contributed by atoms with Crippen LogP contribution >= 0.6 is 11.3 Å². The number of aromatic nitrogens is 1. The van der Waals surface area contributed by atoms with Crippen molar-refractivity contribution >= 4 is 17.2 Å². The summed E-state index contributed by atoms with van der Waals surface area (Å²) in [6, 6.07) is -0.142. The Morgan fingerprint density at radius 3 is 2.95 bits per heavy atom. The standard InChI is InChI=1S/C13H21N3O2S/c1-9(14)11-15-10(8-19-11)12(17)16-6-3-4-13(2,18)5-7-16/h8-9,18H,3-7,14H2,1-2H3. The van der Waals surface area contributed by atoms with Crippen LogP contribution in [0.2, 0.25) is 0 Å². The zero-order valence-corrected chi connectivity index (χ0v) is 12.2. The predicted octanol–water partition coefficient (Wildman–Crippen LogP) is 1.54. The van der Waals surface area contributed by atoms with Gasteiger partial charge in [-0.25, -0.2) is 4.98 Å². The highest BCUT2D eigenvalue weighted by Gasteiger charge is 2.28. The summed E-state index contributed by atoms with van der Waals surface area (Å²) in [6.07, 6.45) is 2.17. The van der Waals surface area contributed by atoms with Crippen LogP contribution in [-0.2, 0) is 0 Å². The van der Waals surface area contributed by atoms with Crippen molar-refractivity contribution in [2.75, 3.05) is 13.1 Å². The number of hydrogen-bond acceptors (Lipinski definition) is 5. The maximum Gasteiger partial charge on any atom is 0.273 e. The van der Waals surface area contributed by atoms with Crippen LogP contribution in [0.3, 0.4) is 0 Å². The first-order valence-electron chi connectivity index (χ1n) is 6.62. The van der Waals surface area contributed by atoms with Crippen molar-refractivity contribution in [1.29, 1.82) is 0 Å². The fraction of sp³-hybridized carbons (Fsp3) is 0.692. The van der Waals surface area contributed by atoms with E-state index in [2.05, 4.69) is 4.98 Å². The molecule has 0 spiro atoms.